The van der Waals surface area contributed by atoms with Crippen molar-refractivity contribution in [3.63, 3.8) is 0 Å². The van der Waals surface area contributed by atoms with Crippen molar-refractivity contribution < 1.29 is 8.78 Å². The minimum absolute atomic E-state index is 0.169. The van der Waals surface area contributed by atoms with Crippen molar-refractivity contribution in [1.29, 1.82) is 0 Å². The highest BCUT2D eigenvalue weighted by Crippen LogP contribution is 2.33. The molecule has 1 aromatic carbocycles. The van der Waals surface area contributed by atoms with Crippen LogP contribution in [0.15, 0.2) is 35.9 Å². The van der Waals surface area contributed by atoms with Gasteiger partial charge in [-0.05, 0) is 47.6 Å². The Morgan fingerprint density at radius 1 is 1.11 bits per heavy atom. The summed E-state index contributed by atoms with van der Waals surface area (Å²) in [5.74, 6) is -0.871. The van der Waals surface area contributed by atoms with Crippen molar-refractivity contribution in [2.45, 2.75) is 39.5 Å². The Morgan fingerprint density at radius 3 is 2.39 bits per heavy atom. The Bertz CT molecular complexity index is 522. The smallest absolute Gasteiger partial charge is 0.154 e. The van der Waals surface area contributed by atoms with E-state index in [1.165, 1.54) is 17.2 Å². The molecule has 0 heterocycles. The molecule has 0 saturated heterocycles. The van der Waals surface area contributed by atoms with Gasteiger partial charge in [-0.3, -0.25) is 0 Å². The van der Waals surface area contributed by atoms with Crippen molar-refractivity contribution in [1.82, 2.24) is 0 Å². The molecule has 0 spiro atoms. The fraction of sp³-hybridized carbons (Fsp3) is 0.375. The van der Waals surface area contributed by atoms with Crippen molar-refractivity contribution in [2.75, 3.05) is 0 Å². The molecule has 2 rings (SSSR count). The van der Waals surface area contributed by atoms with Gasteiger partial charge in [-0.1, -0.05) is 32.0 Å². The first-order valence-corrected chi connectivity index (χ1v) is 6.34. The van der Waals surface area contributed by atoms with E-state index in [0.29, 0.717) is 12.3 Å². The van der Waals surface area contributed by atoms with E-state index in [1.807, 2.05) is 6.07 Å². The number of halogens is 2. The summed E-state index contributed by atoms with van der Waals surface area (Å²) in [6.45, 7) is 6.37. The maximum atomic E-state index is 13.2. The van der Waals surface area contributed by atoms with Crippen molar-refractivity contribution in [2.24, 2.45) is 0 Å². The monoisotopic (exact) mass is 248 g/mol. The number of hydrogen-bond donors (Lipinski definition) is 0. The van der Waals surface area contributed by atoms with Crippen LogP contribution in [0.5, 0.6) is 0 Å². The van der Waals surface area contributed by atoms with Gasteiger partial charge in [0.15, 0.2) is 5.83 Å². The van der Waals surface area contributed by atoms with Crippen LogP contribution in [-0.4, -0.2) is 0 Å². The van der Waals surface area contributed by atoms with E-state index in [1.54, 1.807) is 0 Å². The van der Waals surface area contributed by atoms with Crippen molar-refractivity contribution >= 4 is 5.57 Å². The van der Waals surface area contributed by atoms with Gasteiger partial charge in [-0.15, -0.1) is 0 Å². The fourth-order valence-electron chi connectivity index (χ4n) is 2.42. The van der Waals surface area contributed by atoms with Crippen LogP contribution < -0.4 is 0 Å². The molecule has 0 bridgehead atoms. The first-order chi connectivity index (χ1) is 8.49. The predicted octanol–water partition coefficient (Wildman–Crippen LogP) is 5.45. The molecule has 1 aliphatic carbocycles. The topological polar surface area (TPSA) is 0 Å². The summed E-state index contributed by atoms with van der Waals surface area (Å²) < 4.78 is 26.2. The molecule has 0 N–H and O–H groups in total. The highest BCUT2D eigenvalue weighted by molar-refractivity contribution is 5.70. The summed E-state index contributed by atoms with van der Waals surface area (Å²) in [5, 5.41) is 0. The van der Waals surface area contributed by atoms with E-state index in [-0.39, 0.29) is 6.42 Å². The maximum absolute atomic E-state index is 13.2. The van der Waals surface area contributed by atoms with Crippen LogP contribution in [0.2, 0.25) is 0 Å². The van der Waals surface area contributed by atoms with Crippen molar-refractivity contribution in [3.05, 3.63) is 52.6 Å². The van der Waals surface area contributed by atoms with Crippen LogP contribution in [0, 0.1) is 6.92 Å². The van der Waals surface area contributed by atoms with Gasteiger partial charge in [0.2, 0.25) is 0 Å². The van der Waals surface area contributed by atoms with Gasteiger partial charge in [0.25, 0.3) is 0 Å². The second kappa shape index (κ2) is 5.05. The largest absolute Gasteiger partial charge is 0.209 e. The Morgan fingerprint density at radius 2 is 1.83 bits per heavy atom. The SMILES string of the molecule is Cc1cc(C2=CC(F)=C(F)CC2)ccc1C(C)C. The summed E-state index contributed by atoms with van der Waals surface area (Å²) >= 11 is 0. The first-order valence-electron chi connectivity index (χ1n) is 6.34. The summed E-state index contributed by atoms with van der Waals surface area (Å²) in [4.78, 5) is 0. The van der Waals surface area contributed by atoms with Crippen LogP contribution in [0.4, 0.5) is 8.78 Å². The summed E-state index contributed by atoms with van der Waals surface area (Å²) in [5.41, 5.74) is 4.39. The third-order valence-corrected chi connectivity index (χ3v) is 3.44. The number of benzene rings is 1. The highest BCUT2D eigenvalue weighted by atomic mass is 19.2. The second-order valence-electron chi connectivity index (χ2n) is 5.15. The minimum Gasteiger partial charge on any atom is -0.209 e. The molecule has 0 atom stereocenters. The molecule has 1 aliphatic rings. The Balaban J connectivity index is 2.36. The summed E-state index contributed by atoms with van der Waals surface area (Å²) in [6, 6.07) is 6.16. The van der Waals surface area contributed by atoms with Crippen LogP contribution in [0.25, 0.3) is 5.57 Å². The maximum Gasteiger partial charge on any atom is 0.154 e. The lowest BCUT2D eigenvalue weighted by atomic mass is 9.91. The summed E-state index contributed by atoms with van der Waals surface area (Å²) in [6.07, 6.45) is 2.06. The minimum atomic E-state index is -0.721. The molecule has 0 aromatic heterocycles. The zero-order valence-electron chi connectivity index (χ0n) is 11.1. The third kappa shape index (κ3) is 2.53. The van der Waals surface area contributed by atoms with E-state index < -0.39 is 11.7 Å². The van der Waals surface area contributed by atoms with E-state index >= 15 is 0 Å². The van der Waals surface area contributed by atoms with Gasteiger partial charge >= 0.3 is 0 Å². The number of allylic oxidation sites excluding steroid dienone is 4. The zero-order valence-corrected chi connectivity index (χ0v) is 11.1. The van der Waals surface area contributed by atoms with Gasteiger partial charge < -0.3 is 0 Å². The summed E-state index contributed by atoms with van der Waals surface area (Å²) in [7, 11) is 0. The highest BCUT2D eigenvalue weighted by Gasteiger charge is 2.15. The number of hydrogen-bond acceptors (Lipinski definition) is 0. The van der Waals surface area contributed by atoms with Crippen LogP contribution >= 0.6 is 0 Å². The van der Waals surface area contributed by atoms with Gasteiger partial charge in [0.05, 0.1) is 0 Å². The van der Waals surface area contributed by atoms with E-state index in [9.17, 15) is 8.78 Å². The lowest BCUT2D eigenvalue weighted by Crippen LogP contribution is -1.97. The molecule has 96 valence electrons. The molecule has 0 nitrogen and oxygen atoms in total. The molecule has 0 saturated carbocycles. The van der Waals surface area contributed by atoms with Crippen LogP contribution in [0.3, 0.4) is 0 Å². The molecular weight excluding hydrogens is 230 g/mol. The standard InChI is InChI=1S/C16H18F2/c1-10(2)14-6-4-12(8-11(14)3)13-5-7-15(17)16(18)9-13/h4,6,8-10H,5,7H2,1-3H3. The normalized spacial score (nSPS) is 16.2. The average Bonchev–Trinajstić information content (AvgIpc) is 2.32. The van der Waals surface area contributed by atoms with E-state index in [0.717, 1.165) is 11.1 Å². The van der Waals surface area contributed by atoms with E-state index in [4.69, 9.17) is 0 Å². The molecule has 0 amide bonds. The molecule has 1 aromatic rings. The lowest BCUT2D eigenvalue weighted by Gasteiger charge is -2.15. The second-order valence-corrected chi connectivity index (χ2v) is 5.15. The Hall–Kier alpha value is -1.44. The number of aryl methyl sites for hydroxylation is 1. The lowest BCUT2D eigenvalue weighted by molar-refractivity contribution is 0.519. The fourth-order valence-corrected chi connectivity index (χ4v) is 2.42. The van der Waals surface area contributed by atoms with Crippen LogP contribution in [0.1, 0.15) is 49.3 Å². The molecule has 0 unspecified atom stereocenters. The Labute approximate surface area is 107 Å². The third-order valence-electron chi connectivity index (χ3n) is 3.44. The van der Waals surface area contributed by atoms with Crippen LogP contribution in [-0.2, 0) is 0 Å². The molecule has 0 aliphatic heterocycles. The van der Waals surface area contributed by atoms with E-state index in [2.05, 4.69) is 32.9 Å². The molecule has 0 fully saturated rings. The molecule has 18 heavy (non-hydrogen) atoms. The van der Waals surface area contributed by atoms with Gasteiger partial charge in [0.1, 0.15) is 5.83 Å². The predicted molar refractivity (Wildman–Crippen MR) is 71.7 cm³/mol. The number of rotatable bonds is 2. The first kappa shape index (κ1) is 13.0. The molecular formula is C16H18F2. The molecule has 0 radical (unpaired) electrons. The zero-order chi connectivity index (χ0) is 13.3. The van der Waals surface area contributed by atoms with Gasteiger partial charge in [0, 0.05) is 6.42 Å². The molecule has 2 heteroatoms. The average molecular weight is 248 g/mol. The Kier molecular flexibility index (Phi) is 3.65. The van der Waals surface area contributed by atoms with Gasteiger partial charge in [-0.2, -0.15) is 0 Å². The van der Waals surface area contributed by atoms with Crippen molar-refractivity contribution in [3.8, 4) is 0 Å². The van der Waals surface area contributed by atoms with Gasteiger partial charge in [-0.25, -0.2) is 8.78 Å². The quantitative estimate of drug-likeness (QED) is 0.653.